The summed E-state index contributed by atoms with van der Waals surface area (Å²) >= 11 is 0. The van der Waals surface area contributed by atoms with Crippen LogP contribution in [0.25, 0.3) is 0 Å². The molecule has 0 spiro atoms. The van der Waals surface area contributed by atoms with Crippen LogP contribution < -0.4 is 20.1 Å². The molecule has 1 fully saturated rings. The van der Waals surface area contributed by atoms with Gasteiger partial charge in [-0.3, -0.25) is 4.90 Å². The molecule has 0 radical (unpaired) electrons. The zero-order valence-corrected chi connectivity index (χ0v) is 19.6. The number of methoxy groups -OCH3 is 2. The SMILES string of the molecule is COc1ccc(CN=C(NCCCN2CCOCC2)NCc2nnc(C)n2C)c(OC)c1. The van der Waals surface area contributed by atoms with Gasteiger partial charge < -0.3 is 29.4 Å². The summed E-state index contributed by atoms with van der Waals surface area (Å²) in [4.78, 5) is 7.21. The Hall–Kier alpha value is -2.85. The molecule has 3 rings (SSSR count). The van der Waals surface area contributed by atoms with Gasteiger partial charge >= 0.3 is 0 Å². The van der Waals surface area contributed by atoms with Crippen LogP contribution in [0.4, 0.5) is 0 Å². The van der Waals surface area contributed by atoms with E-state index in [-0.39, 0.29) is 0 Å². The van der Waals surface area contributed by atoms with Gasteiger partial charge in [0.05, 0.1) is 40.5 Å². The first kappa shape index (κ1) is 23.8. The molecule has 1 saturated heterocycles. The third kappa shape index (κ3) is 6.83. The fourth-order valence-electron chi connectivity index (χ4n) is 3.42. The van der Waals surface area contributed by atoms with Crippen LogP contribution in [-0.2, 0) is 24.9 Å². The summed E-state index contributed by atoms with van der Waals surface area (Å²) in [5, 5.41) is 15.2. The van der Waals surface area contributed by atoms with E-state index in [1.807, 2.05) is 36.7 Å². The van der Waals surface area contributed by atoms with Crippen LogP contribution in [0.3, 0.4) is 0 Å². The molecular formula is C22H35N7O3. The summed E-state index contributed by atoms with van der Waals surface area (Å²) in [5.74, 6) is 3.97. The average molecular weight is 446 g/mol. The molecule has 1 aliphatic heterocycles. The lowest BCUT2D eigenvalue weighted by molar-refractivity contribution is 0.0376. The monoisotopic (exact) mass is 445 g/mol. The van der Waals surface area contributed by atoms with Crippen molar-refractivity contribution >= 4 is 5.96 Å². The highest BCUT2D eigenvalue weighted by atomic mass is 16.5. The van der Waals surface area contributed by atoms with E-state index in [1.165, 1.54) is 0 Å². The zero-order valence-electron chi connectivity index (χ0n) is 19.6. The van der Waals surface area contributed by atoms with Crippen LogP contribution in [-0.4, -0.2) is 79.2 Å². The second kappa shape index (κ2) is 12.3. The fraction of sp³-hybridized carbons (Fsp3) is 0.591. The minimum absolute atomic E-state index is 0.476. The molecule has 2 aromatic rings. The van der Waals surface area contributed by atoms with E-state index >= 15 is 0 Å². The maximum Gasteiger partial charge on any atom is 0.191 e. The molecule has 0 bridgehead atoms. The van der Waals surface area contributed by atoms with Gasteiger partial charge in [0, 0.05) is 38.3 Å². The molecule has 0 unspecified atom stereocenters. The number of aryl methyl sites for hydroxylation is 1. The van der Waals surface area contributed by atoms with Gasteiger partial charge in [0.25, 0.3) is 0 Å². The van der Waals surface area contributed by atoms with Gasteiger partial charge in [-0.1, -0.05) is 0 Å². The van der Waals surface area contributed by atoms with Crippen molar-refractivity contribution in [3.63, 3.8) is 0 Å². The second-order valence-corrected chi connectivity index (χ2v) is 7.65. The molecule has 176 valence electrons. The predicted molar refractivity (Wildman–Crippen MR) is 123 cm³/mol. The van der Waals surface area contributed by atoms with Crippen molar-refractivity contribution in [2.24, 2.45) is 12.0 Å². The van der Waals surface area contributed by atoms with E-state index < -0.39 is 0 Å². The number of rotatable bonds is 10. The fourth-order valence-corrected chi connectivity index (χ4v) is 3.42. The van der Waals surface area contributed by atoms with Gasteiger partial charge in [-0.2, -0.15) is 0 Å². The lowest BCUT2D eigenvalue weighted by Gasteiger charge is -2.26. The molecule has 10 heteroatoms. The quantitative estimate of drug-likeness (QED) is 0.319. The van der Waals surface area contributed by atoms with Crippen molar-refractivity contribution in [1.29, 1.82) is 0 Å². The molecule has 0 aliphatic carbocycles. The maximum atomic E-state index is 5.51. The first-order valence-corrected chi connectivity index (χ1v) is 11.0. The standard InChI is InChI=1S/C22H35N7O3/c1-17-26-27-21(28(17)2)16-25-22(23-8-5-9-29-10-12-32-13-11-29)24-15-18-6-7-19(30-3)14-20(18)31-4/h6-7,14H,5,8-13,15-16H2,1-4H3,(H2,23,24,25). The summed E-state index contributed by atoms with van der Waals surface area (Å²) in [6.45, 7) is 8.45. The van der Waals surface area contributed by atoms with E-state index in [0.717, 1.165) is 80.5 Å². The van der Waals surface area contributed by atoms with Crippen molar-refractivity contribution in [1.82, 2.24) is 30.3 Å². The van der Waals surface area contributed by atoms with E-state index in [2.05, 4.69) is 25.7 Å². The lowest BCUT2D eigenvalue weighted by atomic mass is 10.2. The Morgan fingerprint density at radius 3 is 2.66 bits per heavy atom. The van der Waals surface area contributed by atoms with Crippen LogP contribution in [0.15, 0.2) is 23.2 Å². The molecule has 1 aromatic heterocycles. The molecule has 1 aromatic carbocycles. The molecule has 0 saturated carbocycles. The summed E-state index contributed by atoms with van der Waals surface area (Å²) < 4.78 is 18.2. The third-order valence-corrected chi connectivity index (χ3v) is 5.55. The van der Waals surface area contributed by atoms with Crippen LogP contribution in [0.5, 0.6) is 11.5 Å². The normalized spacial score (nSPS) is 14.9. The number of guanidine groups is 1. The predicted octanol–water partition coefficient (Wildman–Crippen LogP) is 1.10. The Bertz CT molecular complexity index is 878. The number of morpholine rings is 1. The van der Waals surface area contributed by atoms with E-state index in [4.69, 9.17) is 19.2 Å². The second-order valence-electron chi connectivity index (χ2n) is 7.65. The van der Waals surface area contributed by atoms with Crippen LogP contribution in [0.2, 0.25) is 0 Å². The van der Waals surface area contributed by atoms with Gasteiger partial charge in [0.15, 0.2) is 11.8 Å². The number of nitrogens with one attached hydrogen (secondary N) is 2. The Morgan fingerprint density at radius 2 is 1.97 bits per heavy atom. The van der Waals surface area contributed by atoms with Crippen molar-refractivity contribution in [3.05, 3.63) is 35.4 Å². The van der Waals surface area contributed by atoms with E-state index in [9.17, 15) is 0 Å². The first-order chi connectivity index (χ1) is 15.6. The lowest BCUT2D eigenvalue weighted by Crippen LogP contribution is -2.40. The molecule has 2 N–H and O–H groups in total. The summed E-state index contributed by atoms with van der Waals surface area (Å²) in [6, 6.07) is 5.76. The minimum Gasteiger partial charge on any atom is -0.497 e. The van der Waals surface area contributed by atoms with E-state index in [1.54, 1.807) is 14.2 Å². The van der Waals surface area contributed by atoms with Gasteiger partial charge in [0.2, 0.25) is 0 Å². The number of aromatic nitrogens is 3. The van der Waals surface area contributed by atoms with Gasteiger partial charge in [-0.25, -0.2) is 4.99 Å². The Kier molecular flexibility index (Phi) is 9.12. The molecule has 32 heavy (non-hydrogen) atoms. The summed E-state index contributed by atoms with van der Waals surface area (Å²) in [7, 11) is 5.26. The average Bonchev–Trinajstić information content (AvgIpc) is 3.15. The van der Waals surface area contributed by atoms with Crippen molar-refractivity contribution in [2.75, 3.05) is 53.6 Å². The van der Waals surface area contributed by atoms with Crippen molar-refractivity contribution in [2.45, 2.75) is 26.4 Å². The highest BCUT2D eigenvalue weighted by Gasteiger charge is 2.11. The van der Waals surface area contributed by atoms with Crippen LogP contribution in [0, 0.1) is 6.92 Å². The van der Waals surface area contributed by atoms with Gasteiger partial charge in [0.1, 0.15) is 17.3 Å². The van der Waals surface area contributed by atoms with Gasteiger partial charge in [-0.15, -0.1) is 10.2 Å². The number of aliphatic imine (C=N–C) groups is 1. The summed E-state index contributed by atoms with van der Waals surface area (Å²) in [5.41, 5.74) is 0.984. The molecule has 1 aliphatic rings. The number of benzene rings is 1. The molecular weight excluding hydrogens is 410 g/mol. The first-order valence-electron chi connectivity index (χ1n) is 11.0. The Balaban J connectivity index is 1.61. The zero-order chi connectivity index (χ0) is 22.8. The molecule has 10 nitrogen and oxygen atoms in total. The molecule has 0 amide bonds. The number of hydrogen-bond acceptors (Lipinski definition) is 7. The summed E-state index contributed by atoms with van der Waals surface area (Å²) in [6.07, 6.45) is 1.02. The van der Waals surface area contributed by atoms with E-state index in [0.29, 0.717) is 13.1 Å². The Labute approximate surface area is 190 Å². The number of ether oxygens (including phenoxy) is 3. The van der Waals surface area contributed by atoms with Crippen LogP contribution >= 0.6 is 0 Å². The molecule has 0 atom stereocenters. The molecule has 2 heterocycles. The maximum absolute atomic E-state index is 5.51. The van der Waals surface area contributed by atoms with Gasteiger partial charge in [-0.05, 0) is 32.0 Å². The highest BCUT2D eigenvalue weighted by Crippen LogP contribution is 2.25. The largest absolute Gasteiger partial charge is 0.497 e. The van der Waals surface area contributed by atoms with Crippen molar-refractivity contribution < 1.29 is 14.2 Å². The number of nitrogens with zero attached hydrogens (tertiary/aromatic N) is 5. The van der Waals surface area contributed by atoms with Crippen LogP contribution in [0.1, 0.15) is 23.6 Å². The smallest absolute Gasteiger partial charge is 0.191 e. The Morgan fingerprint density at radius 1 is 1.16 bits per heavy atom. The minimum atomic E-state index is 0.476. The van der Waals surface area contributed by atoms with Crippen molar-refractivity contribution in [3.8, 4) is 11.5 Å². The topological polar surface area (TPSA) is 98.1 Å². The number of hydrogen-bond donors (Lipinski definition) is 2. The highest BCUT2D eigenvalue weighted by molar-refractivity contribution is 5.79. The third-order valence-electron chi connectivity index (χ3n) is 5.55.